The first-order valence-electron chi connectivity index (χ1n) is 7.27. The Bertz CT molecular complexity index is 847. The number of aromatic amines is 1. The number of hydrogen-bond donors (Lipinski definition) is 1. The summed E-state index contributed by atoms with van der Waals surface area (Å²) in [7, 11) is -3.99. The molecule has 0 bridgehead atoms. The molecule has 0 radical (unpaired) electrons. The molecule has 1 fully saturated rings. The maximum absolute atomic E-state index is 13.9. The van der Waals surface area contributed by atoms with Gasteiger partial charge < -0.3 is 9.88 Å². The first kappa shape index (κ1) is 16.9. The van der Waals surface area contributed by atoms with Gasteiger partial charge >= 0.3 is 0 Å². The number of rotatable bonds is 3. The monoisotopic (exact) mass is 371 g/mol. The second-order valence-electron chi connectivity index (χ2n) is 5.35. The molecule has 24 heavy (non-hydrogen) atoms. The number of halogens is 2. The van der Waals surface area contributed by atoms with Crippen molar-refractivity contribution in [2.45, 2.75) is 4.90 Å². The third kappa shape index (κ3) is 3.17. The van der Waals surface area contributed by atoms with Crippen molar-refractivity contribution in [3.63, 3.8) is 0 Å². The highest BCUT2D eigenvalue weighted by molar-refractivity contribution is 7.89. The summed E-state index contributed by atoms with van der Waals surface area (Å²) in [6.07, 6.45) is 1.65. The molecule has 1 aliphatic rings. The normalized spacial score (nSPS) is 16.3. The lowest BCUT2D eigenvalue weighted by atomic mass is 10.3. The van der Waals surface area contributed by atoms with Crippen LogP contribution in [0.15, 0.2) is 41.4 Å². The zero-order valence-corrected chi connectivity index (χ0v) is 14.1. The van der Waals surface area contributed by atoms with Crippen molar-refractivity contribution in [3.05, 3.63) is 53.1 Å². The lowest BCUT2D eigenvalue weighted by Gasteiger charge is -2.33. The molecule has 1 saturated heterocycles. The number of benzene rings is 1. The molecule has 0 spiro atoms. The van der Waals surface area contributed by atoms with Gasteiger partial charge in [0, 0.05) is 37.4 Å². The van der Waals surface area contributed by atoms with E-state index in [4.69, 9.17) is 11.6 Å². The average Bonchev–Trinajstić information content (AvgIpc) is 3.11. The van der Waals surface area contributed by atoms with Crippen LogP contribution in [0.1, 0.15) is 10.5 Å². The Morgan fingerprint density at radius 1 is 1.17 bits per heavy atom. The van der Waals surface area contributed by atoms with Crippen molar-refractivity contribution < 1.29 is 17.6 Å². The quantitative estimate of drug-likeness (QED) is 0.896. The summed E-state index contributed by atoms with van der Waals surface area (Å²) in [5.41, 5.74) is 0.451. The molecule has 1 aromatic heterocycles. The number of carbonyl (C=O) groups is 1. The van der Waals surface area contributed by atoms with Gasteiger partial charge in [-0.15, -0.1) is 0 Å². The molecule has 1 aromatic carbocycles. The van der Waals surface area contributed by atoms with Crippen LogP contribution in [0.4, 0.5) is 4.39 Å². The van der Waals surface area contributed by atoms with Gasteiger partial charge in [-0.25, -0.2) is 12.8 Å². The summed E-state index contributed by atoms with van der Waals surface area (Å²) in [6, 6.07) is 6.80. The van der Waals surface area contributed by atoms with E-state index >= 15 is 0 Å². The van der Waals surface area contributed by atoms with Crippen molar-refractivity contribution >= 4 is 27.5 Å². The van der Waals surface area contributed by atoms with Crippen molar-refractivity contribution in [2.24, 2.45) is 0 Å². The van der Waals surface area contributed by atoms with Crippen LogP contribution in [-0.2, 0) is 10.0 Å². The van der Waals surface area contributed by atoms with E-state index in [9.17, 15) is 17.6 Å². The molecule has 0 atom stereocenters. The third-order valence-electron chi connectivity index (χ3n) is 3.87. The Hall–Kier alpha value is -1.90. The van der Waals surface area contributed by atoms with Crippen LogP contribution in [-0.4, -0.2) is 54.7 Å². The number of nitrogens with zero attached hydrogens (tertiary/aromatic N) is 2. The minimum absolute atomic E-state index is 0.0980. The lowest BCUT2D eigenvalue weighted by Crippen LogP contribution is -2.50. The van der Waals surface area contributed by atoms with Gasteiger partial charge in [0.2, 0.25) is 10.0 Å². The van der Waals surface area contributed by atoms with Crippen LogP contribution in [0.5, 0.6) is 0 Å². The summed E-state index contributed by atoms with van der Waals surface area (Å²) in [5, 5.41) is 0.149. The number of hydrogen-bond acceptors (Lipinski definition) is 3. The number of carbonyl (C=O) groups excluding carboxylic acids is 1. The summed E-state index contributed by atoms with van der Waals surface area (Å²) < 4.78 is 40.2. The van der Waals surface area contributed by atoms with Crippen molar-refractivity contribution in [2.75, 3.05) is 26.2 Å². The molecule has 0 unspecified atom stereocenters. The number of H-pyrrole nitrogens is 1. The lowest BCUT2D eigenvalue weighted by molar-refractivity contribution is 0.0692. The van der Waals surface area contributed by atoms with Crippen molar-refractivity contribution in [1.29, 1.82) is 0 Å². The zero-order valence-electron chi connectivity index (χ0n) is 12.6. The number of amides is 1. The second-order valence-corrected chi connectivity index (χ2v) is 7.70. The van der Waals surface area contributed by atoms with E-state index < -0.39 is 20.7 Å². The third-order valence-corrected chi connectivity index (χ3v) is 6.01. The zero-order chi connectivity index (χ0) is 17.3. The van der Waals surface area contributed by atoms with Crippen LogP contribution in [0, 0.1) is 5.82 Å². The fourth-order valence-corrected chi connectivity index (χ4v) is 4.33. The number of nitrogens with one attached hydrogen (secondary N) is 1. The van der Waals surface area contributed by atoms with Gasteiger partial charge in [-0.1, -0.05) is 11.6 Å². The second kappa shape index (κ2) is 6.54. The molecular weight excluding hydrogens is 357 g/mol. The number of aromatic nitrogens is 1. The maximum atomic E-state index is 13.9. The fourth-order valence-electron chi connectivity index (χ4n) is 2.58. The van der Waals surface area contributed by atoms with E-state index in [2.05, 4.69) is 4.98 Å². The highest BCUT2D eigenvalue weighted by Gasteiger charge is 2.32. The first-order valence-corrected chi connectivity index (χ1v) is 9.09. The highest BCUT2D eigenvalue weighted by atomic mass is 35.5. The van der Waals surface area contributed by atoms with Crippen molar-refractivity contribution in [3.8, 4) is 0 Å². The Morgan fingerprint density at radius 2 is 1.88 bits per heavy atom. The molecule has 128 valence electrons. The van der Waals surface area contributed by atoms with E-state index in [-0.39, 0.29) is 37.1 Å². The minimum atomic E-state index is -3.99. The van der Waals surface area contributed by atoms with Gasteiger partial charge in [0.1, 0.15) is 16.4 Å². The standard InChI is InChI=1S/C15H15ClFN3O3S/c16-11-3-4-12(17)14(10-11)24(22,23)20-8-6-19(7-9-20)15(21)13-2-1-5-18-13/h1-5,10,18H,6-9H2. The predicted molar refractivity (Wildman–Crippen MR) is 86.9 cm³/mol. The van der Waals surface area contributed by atoms with E-state index in [1.165, 1.54) is 10.4 Å². The van der Waals surface area contributed by atoms with Gasteiger partial charge in [0.15, 0.2) is 0 Å². The van der Waals surface area contributed by atoms with E-state index in [1.54, 1.807) is 23.2 Å². The molecule has 2 aromatic rings. The highest BCUT2D eigenvalue weighted by Crippen LogP contribution is 2.24. The summed E-state index contributed by atoms with van der Waals surface area (Å²) in [5.74, 6) is -1.03. The Labute approximate surface area is 143 Å². The molecule has 1 aliphatic heterocycles. The van der Waals surface area contributed by atoms with Crippen LogP contribution in [0.25, 0.3) is 0 Å². The van der Waals surface area contributed by atoms with Crippen molar-refractivity contribution in [1.82, 2.24) is 14.2 Å². The summed E-state index contributed by atoms with van der Waals surface area (Å²) in [4.78, 5) is 16.2. The van der Waals surface area contributed by atoms with Crippen LogP contribution >= 0.6 is 11.6 Å². The predicted octanol–water partition coefficient (Wildman–Crippen LogP) is 1.95. The van der Waals surface area contributed by atoms with Gasteiger partial charge in [-0.3, -0.25) is 4.79 Å². The summed E-state index contributed by atoms with van der Waals surface area (Å²) >= 11 is 5.78. The van der Waals surface area contributed by atoms with E-state index in [0.717, 1.165) is 12.1 Å². The van der Waals surface area contributed by atoms with Gasteiger partial charge in [-0.2, -0.15) is 4.31 Å². The van der Waals surface area contributed by atoms with Crippen LogP contribution in [0.3, 0.4) is 0 Å². The average molecular weight is 372 g/mol. The van der Waals surface area contributed by atoms with Crippen LogP contribution in [0.2, 0.25) is 5.02 Å². The fraction of sp³-hybridized carbons (Fsp3) is 0.267. The molecule has 0 saturated carbocycles. The molecule has 6 nitrogen and oxygen atoms in total. The van der Waals surface area contributed by atoms with Gasteiger partial charge in [0.05, 0.1) is 0 Å². The topological polar surface area (TPSA) is 73.5 Å². The summed E-state index contributed by atoms with van der Waals surface area (Å²) in [6.45, 7) is 0.667. The maximum Gasteiger partial charge on any atom is 0.270 e. The molecule has 2 heterocycles. The molecule has 0 aliphatic carbocycles. The first-order chi connectivity index (χ1) is 11.4. The molecule has 9 heteroatoms. The smallest absolute Gasteiger partial charge is 0.270 e. The Morgan fingerprint density at radius 3 is 2.50 bits per heavy atom. The Balaban J connectivity index is 1.74. The molecule has 1 N–H and O–H groups in total. The van der Waals surface area contributed by atoms with Crippen LogP contribution < -0.4 is 0 Å². The molecular formula is C15H15ClFN3O3S. The van der Waals surface area contributed by atoms with Gasteiger partial charge in [-0.05, 0) is 30.3 Å². The Kier molecular flexibility index (Phi) is 4.62. The largest absolute Gasteiger partial charge is 0.357 e. The SMILES string of the molecule is O=C(c1ccc[nH]1)N1CCN(S(=O)(=O)c2cc(Cl)ccc2F)CC1. The minimum Gasteiger partial charge on any atom is -0.357 e. The van der Waals surface area contributed by atoms with Gasteiger partial charge in [0.25, 0.3) is 5.91 Å². The number of sulfonamides is 1. The van der Waals surface area contributed by atoms with E-state index in [0.29, 0.717) is 5.69 Å². The molecule has 3 rings (SSSR count). The van der Waals surface area contributed by atoms with E-state index in [1.807, 2.05) is 0 Å². The molecule has 1 amide bonds. The number of piperazine rings is 1.